The fourth-order valence-corrected chi connectivity index (χ4v) is 0.916. The molecule has 1 amide bonds. The topological polar surface area (TPSA) is 57.6 Å². The van der Waals surface area contributed by atoms with Gasteiger partial charge < -0.3 is 10.0 Å². The molecule has 1 N–H and O–H groups in total. The van der Waals surface area contributed by atoms with Crippen LogP contribution in [-0.4, -0.2) is 34.4 Å². The molecule has 0 aromatic rings. The summed E-state index contributed by atoms with van der Waals surface area (Å²) < 4.78 is 0. The van der Waals surface area contributed by atoms with Crippen LogP contribution in [0.3, 0.4) is 0 Å². The summed E-state index contributed by atoms with van der Waals surface area (Å²) in [5.41, 5.74) is 0. The van der Waals surface area contributed by atoms with Crippen molar-refractivity contribution in [1.82, 2.24) is 4.90 Å². The van der Waals surface area contributed by atoms with Gasteiger partial charge >= 0.3 is 6.09 Å². The highest BCUT2D eigenvalue weighted by molar-refractivity contribution is 6.64. The molecule has 0 aromatic carbocycles. The summed E-state index contributed by atoms with van der Waals surface area (Å²) in [5.74, 6) is -0.280. The van der Waals surface area contributed by atoms with Crippen molar-refractivity contribution in [3.8, 4) is 0 Å². The Morgan fingerprint density at radius 3 is 2.30 bits per heavy atom. The van der Waals surface area contributed by atoms with E-state index in [0.717, 1.165) is 4.90 Å². The van der Waals surface area contributed by atoms with E-state index in [1.54, 1.807) is 0 Å². The summed E-state index contributed by atoms with van der Waals surface area (Å²) in [7, 11) is 0. The van der Waals surface area contributed by atoms with Crippen LogP contribution < -0.4 is 0 Å². The first kappa shape index (κ1) is 7.34. The van der Waals surface area contributed by atoms with E-state index >= 15 is 0 Å². The van der Waals surface area contributed by atoms with Gasteiger partial charge in [-0.05, 0) is 11.6 Å². The van der Waals surface area contributed by atoms with E-state index in [4.69, 9.17) is 16.7 Å². The first-order valence-corrected chi connectivity index (χ1v) is 3.16. The third-order valence-corrected chi connectivity index (χ3v) is 1.78. The maximum absolute atomic E-state index is 10.3. The van der Waals surface area contributed by atoms with Gasteiger partial charge in [-0.2, -0.15) is 0 Å². The average Bonchev–Trinajstić information content (AvgIpc) is 1.56. The second-order valence-electron chi connectivity index (χ2n) is 2.19. The van der Waals surface area contributed by atoms with Gasteiger partial charge in [0.1, 0.15) is 0 Å². The molecule has 1 rings (SSSR count). The van der Waals surface area contributed by atoms with Crippen LogP contribution in [0.2, 0.25) is 0 Å². The number of halogens is 1. The number of likely N-dealkylation sites (tertiary alicyclic amines) is 1. The van der Waals surface area contributed by atoms with Crippen molar-refractivity contribution >= 4 is 22.9 Å². The van der Waals surface area contributed by atoms with Gasteiger partial charge in [-0.1, -0.05) is 0 Å². The molecule has 0 spiro atoms. The lowest BCUT2D eigenvalue weighted by Crippen LogP contribution is -2.51. The Morgan fingerprint density at radius 1 is 1.50 bits per heavy atom. The lowest BCUT2D eigenvalue weighted by atomic mass is 10.0. The summed E-state index contributed by atoms with van der Waals surface area (Å²) >= 11 is 5.09. The van der Waals surface area contributed by atoms with Gasteiger partial charge in [0.2, 0.25) is 5.24 Å². The Balaban J connectivity index is 2.31. The summed E-state index contributed by atoms with van der Waals surface area (Å²) in [6.45, 7) is 0.495. The highest BCUT2D eigenvalue weighted by Crippen LogP contribution is 2.17. The molecule has 0 aliphatic carbocycles. The smallest absolute Gasteiger partial charge is 0.407 e. The van der Waals surface area contributed by atoms with E-state index in [2.05, 4.69) is 0 Å². The van der Waals surface area contributed by atoms with Crippen LogP contribution in [0, 0.1) is 5.92 Å². The van der Waals surface area contributed by atoms with E-state index in [1.807, 2.05) is 0 Å². The van der Waals surface area contributed by atoms with Crippen molar-refractivity contribution in [2.45, 2.75) is 0 Å². The van der Waals surface area contributed by atoms with Gasteiger partial charge in [0.25, 0.3) is 0 Å². The first-order valence-electron chi connectivity index (χ1n) is 2.78. The van der Waals surface area contributed by atoms with Crippen molar-refractivity contribution in [3.63, 3.8) is 0 Å². The van der Waals surface area contributed by atoms with Gasteiger partial charge in [0.15, 0.2) is 0 Å². The van der Waals surface area contributed by atoms with Gasteiger partial charge in [0, 0.05) is 13.1 Å². The first-order chi connectivity index (χ1) is 4.61. The zero-order chi connectivity index (χ0) is 7.72. The van der Waals surface area contributed by atoms with Gasteiger partial charge in [-0.3, -0.25) is 4.79 Å². The van der Waals surface area contributed by atoms with Crippen LogP contribution in [-0.2, 0) is 4.79 Å². The molecule has 0 atom stereocenters. The van der Waals surface area contributed by atoms with Crippen molar-refractivity contribution in [2.75, 3.05) is 13.1 Å². The highest BCUT2D eigenvalue weighted by Gasteiger charge is 2.34. The van der Waals surface area contributed by atoms with E-state index in [9.17, 15) is 9.59 Å². The van der Waals surface area contributed by atoms with Crippen molar-refractivity contribution < 1.29 is 14.7 Å². The molecule has 0 bridgehead atoms. The van der Waals surface area contributed by atoms with Crippen molar-refractivity contribution in [2.24, 2.45) is 5.92 Å². The quantitative estimate of drug-likeness (QED) is 0.568. The maximum Gasteiger partial charge on any atom is 0.407 e. The fraction of sp³-hybridized carbons (Fsp3) is 0.600. The predicted octanol–water partition coefficient (Wildman–Crippen LogP) is 0.362. The monoisotopic (exact) mass is 163 g/mol. The molecule has 0 radical (unpaired) electrons. The standard InChI is InChI=1S/C5H6ClNO3/c6-4(8)3-1-7(2-3)5(9)10/h3H,1-2H2,(H,9,10). The fourth-order valence-electron chi connectivity index (χ4n) is 0.778. The second kappa shape index (κ2) is 2.46. The molecule has 5 heteroatoms. The zero-order valence-electron chi connectivity index (χ0n) is 5.08. The molecular weight excluding hydrogens is 158 g/mol. The SMILES string of the molecule is O=C(Cl)C1CN(C(=O)O)C1. The number of hydrogen-bond donors (Lipinski definition) is 1. The van der Waals surface area contributed by atoms with Crippen LogP contribution >= 0.6 is 11.6 Å². The second-order valence-corrected chi connectivity index (χ2v) is 2.56. The summed E-state index contributed by atoms with van der Waals surface area (Å²) in [6, 6.07) is 0. The van der Waals surface area contributed by atoms with Crippen molar-refractivity contribution in [1.29, 1.82) is 0 Å². The molecule has 1 saturated heterocycles. The number of amides is 1. The lowest BCUT2D eigenvalue weighted by Gasteiger charge is -2.34. The molecule has 1 fully saturated rings. The average molecular weight is 164 g/mol. The van der Waals surface area contributed by atoms with E-state index < -0.39 is 11.3 Å². The Morgan fingerprint density at radius 2 is 2.00 bits per heavy atom. The lowest BCUT2D eigenvalue weighted by molar-refractivity contribution is -0.118. The van der Waals surface area contributed by atoms with Crippen LogP contribution in [0.5, 0.6) is 0 Å². The minimum Gasteiger partial charge on any atom is -0.465 e. The van der Waals surface area contributed by atoms with Crippen LogP contribution in [0.1, 0.15) is 0 Å². The predicted molar refractivity (Wildman–Crippen MR) is 33.9 cm³/mol. The summed E-state index contributed by atoms with van der Waals surface area (Å²) in [5, 5.41) is 7.86. The molecule has 56 valence electrons. The van der Waals surface area contributed by atoms with Crippen molar-refractivity contribution in [3.05, 3.63) is 0 Å². The molecule has 0 saturated carbocycles. The number of hydrogen-bond acceptors (Lipinski definition) is 2. The molecule has 10 heavy (non-hydrogen) atoms. The number of carbonyl (C=O) groups excluding carboxylic acids is 1. The Hall–Kier alpha value is -0.770. The molecule has 0 aromatic heterocycles. The number of nitrogens with zero attached hydrogens (tertiary/aromatic N) is 1. The third kappa shape index (κ3) is 1.21. The number of carboxylic acid groups (broad SMARTS) is 1. The van der Waals surface area contributed by atoms with E-state index in [0.29, 0.717) is 0 Å². The summed E-state index contributed by atoms with van der Waals surface area (Å²) in [6.07, 6.45) is -0.992. The number of rotatable bonds is 1. The molecule has 1 aliphatic rings. The molecule has 1 aliphatic heterocycles. The maximum atomic E-state index is 10.3. The molecule has 0 unspecified atom stereocenters. The van der Waals surface area contributed by atoms with Crippen LogP contribution in [0.15, 0.2) is 0 Å². The molecule has 1 heterocycles. The van der Waals surface area contributed by atoms with E-state index in [1.165, 1.54) is 0 Å². The minimum atomic E-state index is -0.992. The zero-order valence-corrected chi connectivity index (χ0v) is 5.84. The normalized spacial score (nSPS) is 18.3. The van der Waals surface area contributed by atoms with Gasteiger partial charge in [-0.15, -0.1) is 0 Å². The Labute approximate surface area is 62.4 Å². The highest BCUT2D eigenvalue weighted by atomic mass is 35.5. The largest absolute Gasteiger partial charge is 0.465 e. The molecular formula is C5H6ClNO3. The van der Waals surface area contributed by atoms with Gasteiger partial charge in [-0.25, -0.2) is 4.79 Å². The van der Waals surface area contributed by atoms with Crippen LogP contribution in [0.4, 0.5) is 4.79 Å². The van der Waals surface area contributed by atoms with E-state index in [-0.39, 0.29) is 19.0 Å². The van der Waals surface area contributed by atoms with Crippen LogP contribution in [0.25, 0.3) is 0 Å². The minimum absolute atomic E-state index is 0.248. The van der Waals surface area contributed by atoms with Gasteiger partial charge in [0.05, 0.1) is 5.92 Å². The molecule has 4 nitrogen and oxygen atoms in total. The Bertz CT molecular complexity index is 158. The number of carbonyl (C=O) groups is 2. The Kier molecular flexibility index (Phi) is 1.80. The third-order valence-electron chi connectivity index (χ3n) is 1.47. The summed E-state index contributed by atoms with van der Waals surface area (Å²) in [4.78, 5) is 21.6.